The number of aromatic amines is 1. The third-order valence-corrected chi connectivity index (χ3v) is 2.80. The van der Waals surface area contributed by atoms with Gasteiger partial charge in [0.1, 0.15) is 5.69 Å². The summed E-state index contributed by atoms with van der Waals surface area (Å²) in [7, 11) is 0. The molecule has 13 heavy (non-hydrogen) atoms. The predicted molar refractivity (Wildman–Crippen MR) is 49.8 cm³/mol. The summed E-state index contributed by atoms with van der Waals surface area (Å²) in [6, 6.07) is 0. The van der Waals surface area contributed by atoms with Crippen molar-refractivity contribution in [3.05, 3.63) is 17.0 Å². The molecule has 1 aromatic rings. The number of carbonyl (C=O) groups is 1. The Morgan fingerprint density at radius 2 is 2.31 bits per heavy atom. The summed E-state index contributed by atoms with van der Waals surface area (Å²) in [6.45, 7) is 4.49. The maximum Gasteiger partial charge on any atom is 0.170 e. The van der Waals surface area contributed by atoms with E-state index < -0.39 is 0 Å². The molecular weight excluding hydrogens is 164 g/mol. The number of hydrogen-bond acceptors (Lipinski definition) is 2. The minimum atomic E-state index is 0.347. The van der Waals surface area contributed by atoms with Crippen molar-refractivity contribution in [2.45, 2.75) is 33.1 Å². The summed E-state index contributed by atoms with van der Waals surface area (Å²) in [4.78, 5) is 10.6. The Bertz CT molecular complexity index is 339. The van der Waals surface area contributed by atoms with Crippen LogP contribution in [0.2, 0.25) is 0 Å². The lowest BCUT2D eigenvalue weighted by atomic mass is 9.76. The van der Waals surface area contributed by atoms with Crippen LogP contribution < -0.4 is 0 Å². The molecule has 1 heterocycles. The molecule has 1 aromatic heterocycles. The zero-order valence-corrected chi connectivity index (χ0v) is 8.05. The molecule has 70 valence electrons. The SMILES string of the molecule is CC1(C)CCc2c(C=O)n[nH]c2C1. The van der Waals surface area contributed by atoms with E-state index in [1.807, 2.05) is 0 Å². The van der Waals surface area contributed by atoms with Crippen molar-refractivity contribution < 1.29 is 4.79 Å². The molecule has 0 atom stereocenters. The fourth-order valence-electron chi connectivity index (χ4n) is 1.97. The number of hydrogen-bond donors (Lipinski definition) is 1. The molecule has 3 nitrogen and oxygen atoms in total. The van der Waals surface area contributed by atoms with E-state index in [0.29, 0.717) is 11.1 Å². The van der Waals surface area contributed by atoms with Crippen molar-refractivity contribution >= 4 is 6.29 Å². The smallest absolute Gasteiger partial charge is 0.170 e. The van der Waals surface area contributed by atoms with Crippen LogP contribution in [-0.4, -0.2) is 16.5 Å². The van der Waals surface area contributed by atoms with Gasteiger partial charge in [-0.25, -0.2) is 0 Å². The highest BCUT2D eigenvalue weighted by Gasteiger charge is 2.28. The summed E-state index contributed by atoms with van der Waals surface area (Å²) in [5.41, 5.74) is 3.23. The van der Waals surface area contributed by atoms with Crippen LogP contribution in [0.4, 0.5) is 0 Å². The summed E-state index contributed by atoms with van der Waals surface area (Å²) in [5, 5.41) is 6.94. The lowest BCUT2D eigenvalue weighted by molar-refractivity contribution is 0.111. The number of aldehydes is 1. The van der Waals surface area contributed by atoms with Gasteiger partial charge < -0.3 is 0 Å². The van der Waals surface area contributed by atoms with Gasteiger partial charge in [-0.15, -0.1) is 0 Å². The van der Waals surface area contributed by atoms with Crippen molar-refractivity contribution in [1.82, 2.24) is 10.2 Å². The Morgan fingerprint density at radius 1 is 1.54 bits per heavy atom. The van der Waals surface area contributed by atoms with E-state index in [1.54, 1.807) is 0 Å². The van der Waals surface area contributed by atoms with Crippen molar-refractivity contribution in [3.8, 4) is 0 Å². The maximum atomic E-state index is 10.6. The molecule has 2 rings (SSSR count). The summed E-state index contributed by atoms with van der Waals surface area (Å²) in [5.74, 6) is 0. The Balaban J connectivity index is 2.38. The molecule has 0 unspecified atom stereocenters. The highest BCUT2D eigenvalue weighted by atomic mass is 16.1. The van der Waals surface area contributed by atoms with Crippen LogP contribution in [0, 0.1) is 5.41 Å². The summed E-state index contributed by atoms with van der Waals surface area (Å²) in [6.07, 6.45) is 3.96. The highest BCUT2D eigenvalue weighted by molar-refractivity contribution is 5.74. The Kier molecular flexibility index (Phi) is 1.75. The highest BCUT2D eigenvalue weighted by Crippen LogP contribution is 2.34. The van der Waals surface area contributed by atoms with Crippen LogP contribution in [0.25, 0.3) is 0 Å². The number of nitrogens with one attached hydrogen (secondary N) is 1. The monoisotopic (exact) mass is 178 g/mol. The van der Waals surface area contributed by atoms with Crippen molar-refractivity contribution in [2.75, 3.05) is 0 Å². The van der Waals surface area contributed by atoms with Gasteiger partial charge in [0.2, 0.25) is 0 Å². The Hall–Kier alpha value is -1.12. The minimum absolute atomic E-state index is 0.347. The van der Waals surface area contributed by atoms with E-state index in [4.69, 9.17) is 0 Å². The average Bonchev–Trinajstić information content (AvgIpc) is 2.44. The third-order valence-electron chi connectivity index (χ3n) is 2.80. The van der Waals surface area contributed by atoms with E-state index in [1.165, 1.54) is 0 Å². The molecular formula is C10H14N2O. The van der Waals surface area contributed by atoms with Crippen molar-refractivity contribution in [1.29, 1.82) is 0 Å². The fraction of sp³-hybridized carbons (Fsp3) is 0.600. The van der Waals surface area contributed by atoms with Crippen molar-refractivity contribution in [3.63, 3.8) is 0 Å². The first kappa shape index (κ1) is 8.48. The topological polar surface area (TPSA) is 45.8 Å². The van der Waals surface area contributed by atoms with Gasteiger partial charge in [0, 0.05) is 11.3 Å². The van der Waals surface area contributed by atoms with Gasteiger partial charge in [-0.2, -0.15) is 5.10 Å². The summed E-state index contributed by atoms with van der Waals surface area (Å²) < 4.78 is 0. The second kappa shape index (κ2) is 2.69. The molecule has 0 fully saturated rings. The number of aromatic nitrogens is 2. The molecule has 0 saturated carbocycles. The van der Waals surface area contributed by atoms with Crippen LogP contribution in [0.3, 0.4) is 0 Å². The predicted octanol–water partition coefficient (Wildman–Crippen LogP) is 1.74. The zero-order chi connectivity index (χ0) is 9.47. The first-order valence-electron chi connectivity index (χ1n) is 4.64. The second-order valence-electron chi connectivity index (χ2n) is 4.52. The van der Waals surface area contributed by atoms with E-state index in [0.717, 1.165) is 36.8 Å². The molecule has 3 heteroatoms. The minimum Gasteiger partial charge on any atom is -0.296 e. The second-order valence-corrected chi connectivity index (χ2v) is 4.52. The lowest BCUT2D eigenvalue weighted by Gasteiger charge is -2.28. The van der Waals surface area contributed by atoms with Gasteiger partial charge in [0.05, 0.1) is 0 Å². The van der Waals surface area contributed by atoms with Crippen LogP contribution in [-0.2, 0) is 12.8 Å². The maximum absolute atomic E-state index is 10.6. The molecule has 0 aromatic carbocycles. The first-order valence-corrected chi connectivity index (χ1v) is 4.64. The molecule has 0 bridgehead atoms. The molecule has 0 spiro atoms. The molecule has 0 aliphatic heterocycles. The normalized spacial score (nSPS) is 19.5. The number of nitrogens with zero attached hydrogens (tertiary/aromatic N) is 1. The van der Waals surface area contributed by atoms with Crippen LogP contribution >= 0.6 is 0 Å². The number of rotatable bonds is 1. The fourth-order valence-corrected chi connectivity index (χ4v) is 1.97. The van der Waals surface area contributed by atoms with E-state index in [9.17, 15) is 4.79 Å². The van der Waals surface area contributed by atoms with Crippen LogP contribution in [0.1, 0.15) is 42.0 Å². The van der Waals surface area contributed by atoms with E-state index >= 15 is 0 Å². The molecule has 0 radical (unpaired) electrons. The van der Waals surface area contributed by atoms with Gasteiger partial charge >= 0.3 is 0 Å². The Morgan fingerprint density at radius 3 is 3.00 bits per heavy atom. The standard InChI is InChI=1S/C10H14N2O/c1-10(2)4-3-7-8(5-10)11-12-9(7)6-13/h6H,3-5H2,1-2H3,(H,11,12). The third kappa shape index (κ3) is 1.39. The van der Waals surface area contributed by atoms with Gasteiger partial charge in [-0.3, -0.25) is 9.89 Å². The quantitative estimate of drug-likeness (QED) is 0.666. The largest absolute Gasteiger partial charge is 0.296 e. The van der Waals surface area contributed by atoms with Crippen molar-refractivity contribution in [2.24, 2.45) is 5.41 Å². The van der Waals surface area contributed by atoms with Gasteiger partial charge in [0.15, 0.2) is 6.29 Å². The molecule has 0 saturated heterocycles. The van der Waals surface area contributed by atoms with Gasteiger partial charge in [0.25, 0.3) is 0 Å². The van der Waals surface area contributed by atoms with Crippen LogP contribution in [0.15, 0.2) is 0 Å². The summed E-state index contributed by atoms with van der Waals surface area (Å²) >= 11 is 0. The number of carbonyl (C=O) groups excluding carboxylic acids is 1. The first-order chi connectivity index (χ1) is 6.12. The molecule has 0 amide bonds. The van der Waals surface area contributed by atoms with Gasteiger partial charge in [-0.1, -0.05) is 13.8 Å². The molecule has 1 N–H and O–H groups in total. The number of H-pyrrole nitrogens is 1. The number of fused-ring (bicyclic) bond motifs is 1. The molecule has 1 aliphatic carbocycles. The average molecular weight is 178 g/mol. The van der Waals surface area contributed by atoms with Gasteiger partial charge in [-0.05, 0) is 24.7 Å². The Labute approximate surface area is 77.5 Å². The van der Waals surface area contributed by atoms with E-state index in [-0.39, 0.29) is 0 Å². The van der Waals surface area contributed by atoms with Crippen LogP contribution in [0.5, 0.6) is 0 Å². The zero-order valence-electron chi connectivity index (χ0n) is 8.05. The molecule has 1 aliphatic rings. The lowest BCUT2D eigenvalue weighted by Crippen LogP contribution is -2.22. The van der Waals surface area contributed by atoms with E-state index in [2.05, 4.69) is 24.0 Å².